The fourth-order valence-corrected chi connectivity index (χ4v) is 4.15. The number of amides is 1. The lowest BCUT2D eigenvalue weighted by Crippen LogP contribution is -2.45. The van der Waals surface area contributed by atoms with Crippen molar-refractivity contribution in [1.82, 2.24) is 4.90 Å². The number of carbonyl (C=O) groups is 1. The summed E-state index contributed by atoms with van der Waals surface area (Å²) in [5.74, 6) is 0.161. The Morgan fingerprint density at radius 1 is 1.44 bits per heavy atom. The highest BCUT2D eigenvalue weighted by atomic mass is 32.2. The predicted molar refractivity (Wildman–Crippen MR) is 57.5 cm³/mol. The van der Waals surface area contributed by atoms with E-state index in [9.17, 15) is 13.2 Å². The summed E-state index contributed by atoms with van der Waals surface area (Å²) in [5.41, 5.74) is 5.40. The highest BCUT2D eigenvalue weighted by molar-refractivity contribution is 7.92. The fourth-order valence-electron chi connectivity index (χ4n) is 2.19. The number of carbonyl (C=O) groups excluding carboxylic acids is 1. The molecule has 0 radical (unpaired) electrons. The molecule has 0 saturated carbocycles. The summed E-state index contributed by atoms with van der Waals surface area (Å²) in [7, 11) is -3.19. The first-order chi connectivity index (χ1) is 7.54. The summed E-state index contributed by atoms with van der Waals surface area (Å²) in [6, 6.07) is 0. The van der Waals surface area contributed by atoms with E-state index in [1.165, 1.54) is 4.90 Å². The Morgan fingerprint density at radius 2 is 2.19 bits per heavy atom. The van der Waals surface area contributed by atoms with Crippen LogP contribution in [0.5, 0.6) is 0 Å². The van der Waals surface area contributed by atoms with Gasteiger partial charge in [0.15, 0.2) is 9.84 Å². The van der Waals surface area contributed by atoms with Crippen LogP contribution in [0.15, 0.2) is 0 Å². The normalized spacial score (nSPS) is 33.8. The zero-order valence-electron chi connectivity index (χ0n) is 8.96. The zero-order chi connectivity index (χ0) is 11.8. The molecule has 0 bridgehead atoms. The van der Waals surface area contributed by atoms with Crippen LogP contribution in [0.25, 0.3) is 0 Å². The van der Waals surface area contributed by atoms with Crippen LogP contribution < -0.4 is 5.73 Å². The van der Waals surface area contributed by atoms with E-state index >= 15 is 0 Å². The molecule has 0 aliphatic carbocycles. The summed E-state index contributed by atoms with van der Waals surface area (Å²) < 4.78 is 28.6. The molecule has 2 N–H and O–H groups in total. The largest absolute Gasteiger partial charge is 0.443 e. The third kappa shape index (κ3) is 2.01. The Bertz CT molecular complexity index is 381. The molecule has 2 saturated heterocycles. The predicted octanol–water partition coefficient (Wildman–Crippen LogP) is -0.309. The number of cyclic esters (lactones) is 1. The monoisotopic (exact) mass is 248 g/mol. The van der Waals surface area contributed by atoms with Gasteiger partial charge < -0.3 is 10.5 Å². The maximum absolute atomic E-state index is 11.8. The lowest BCUT2D eigenvalue weighted by molar-refractivity contribution is 0.132. The first-order valence-corrected chi connectivity index (χ1v) is 7.15. The molecule has 0 aromatic rings. The van der Waals surface area contributed by atoms with Gasteiger partial charge in [0.25, 0.3) is 0 Å². The third-order valence-corrected chi connectivity index (χ3v) is 5.23. The van der Waals surface area contributed by atoms with Crippen LogP contribution in [-0.4, -0.2) is 49.7 Å². The van der Waals surface area contributed by atoms with Crippen molar-refractivity contribution in [2.24, 2.45) is 5.73 Å². The van der Waals surface area contributed by atoms with Gasteiger partial charge in [0.05, 0.1) is 12.3 Å². The zero-order valence-corrected chi connectivity index (χ0v) is 9.78. The molecule has 2 aliphatic heterocycles. The van der Waals surface area contributed by atoms with Crippen molar-refractivity contribution in [2.45, 2.75) is 30.7 Å². The minimum atomic E-state index is -3.19. The maximum Gasteiger partial charge on any atom is 0.411 e. The molecule has 16 heavy (non-hydrogen) atoms. The van der Waals surface area contributed by atoms with E-state index in [1.807, 2.05) is 0 Å². The molecule has 2 atom stereocenters. The van der Waals surface area contributed by atoms with Gasteiger partial charge in [0.1, 0.15) is 11.5 Å². The molecular formula is C9H16N2O4S. The van der Waals surface area contributed by atoms with Crippen LogP contribution in [-0.2, 0) is 14.6 Å². The second kappa shape index (κ2) is 4.21. The van der Waals surface area contributed by atoms with Crippen molar-refractivity contribution in [1.29, 1.82) is 0 Å². The molecule has 92 valence electrons. The first kappa shape index (κ1) is 11.7. The molecule has 2 rings (SSSR count). The molecule has 2 aliphatic rings. The minimum Gasteiger partial charge on any atom is -0.443 e. The second-order valence-electron chi connectivity index (χ2n) is 4.21. The SMILES string of the molecule is NC[C@H]1CN(C2CCCCS2(=O)=O)C(=O)O1. The van der Waals surface area contributed by atoms with Crippen LogP contribution in [0.1, 0.15) is 19.3 Å². The van der Waals surface area contributed by atoms with Gasteiger partial charge in [-0.1, -0.05) is 0 Å². The van der Waals surface area contributed by atoms with E-state index < -0.39 is 21.3 Å². The summed E-state index contributed by atoms with van der Waals surface area (Å²) in [4.78, 5) is 12.8. The van der Waals surface area contributed by atoms with E-state index in [0.717, 1.165) is 6.42 Å². The van der Waals surface area contributed by atoms with Crippen molar-refractivity contribution in [3.05, 3.63) is 0 Å². The lowest BCUT2D eigenvalue weighted by Gasteiger charge is -2.28. The summed E-state index contributed by atoms with van der Waals surface area (Å²) >= 11 is 0. The first-order valence-electron chi connectivity index (χ1n) is 5.43. The molecule has 6 nitrogen and oxygen atoms in total. The molecule has 0 aromatic heterocycles. The van der Waals surface area contributed by atoms with E-state index in [0.29, 0.717) is 19.4 Å². The Balaban J connectivity index is 2.15. The Morgan fingerprint density at radius 3 is 2.75 bits per heavy atom. The topological polar surface area (TPSA) is 89.7 Å². The molecule has 0 aromatic carbocycles. The molecule has 7 heteroatoms. The fraction of sp³-hybridized carbons (Fsp3) is 0.889. The quantitative estimate of drug-likeness (QED) is 0.724. The smallest absolute Gasteiger partial charge is 0.411 e. The average molecular weight is 248 g/mol. The average Bonchev–Trinajstić information content (AvgIpc) is 2.59. The Kier molecular flexibility index (Phi) is 3.07. The molecule has 2 fully saturated rings. The van der Waals surface area contributed by atoms with Gasteiger partial charge >= 0.3 is 6.09 Å². The second-order valence-corrected chi connectivity index (χ2v) is 6.49. The van der Waals surface area contributed by atoms with Gasteiger partial charge in [-0.05, 0) is 19.3 Å². The minimum absolute atomic E-state index is 0.161. The van der Waals surface area contributed by atoms with Gasteiger partial charge in [0.2, 0.25) is 0 Å². The summed E-state index contributed by atoms with van der Waals surface area (Å²) in [6.45, 7) is 0.522. The van der Waals surface area contributed by atoms with Crippen LogP contribution in [0.3, 0.4) is 0 Å². The lowest BCUT2D eigenvalue weighted by atomic mass is 10.2. The van der Waals surface area contributed by atoms with Crippen molar-refractivity contribution in [3.63, 3.8) is 0 Å². The number of nitrogens with two attached hydrogens (primary N) is 1. The molecular weight excluding hydrogens is 232 g/mol. The van der Waals surface area contributed by atoms with Gasteiger partial charge in [0, 0.05) is 6.54 Å². The number of nitrogens with zero attached hydrogens (tertiary/aromatic N) is 1. The van der Waals surface area contributed by atoms with Crippen LogP contribution in [0.2, 0.25) is 0 Å². The number of rotatable bonds is 2. The number of hydrogen-bond acceptors (Lipinski definition) is 5. The third-order valence-electron chi connectivity index (χ3n) is 3.06. The van der Waals surface area contributed by atoms with Crippen LogP contribution in [0, 0.1) is 0 Å². The van der Waals surface area contributed by atoms with Gasteiger partial charge in [-0.15, -0.1) is 0 Å². The van der Waals surface area contributed by atoms with Crippen molar-refractivity contribution in [2.75, 3.05) is 18.8 Å². The van der Waals surface area contributed by atoms with Gasteiger partial charge in [-0.25, -0.2) is 13.2 Å². The standard InChI is InChI=1S/C9H16N2O4S/c10-5-7-6-11(9(12)15-7)8-3-1-2-4-16(8,13)14/h7-8H,1-6,10H2/t7-,8?/m0/s1. The van der Waals surface area contributed by atoms with E-state index in [4.69, 9.17) is 10.5 Å². The summed E-state index contributed by atoms with van der Waals surface area (Å²) in [6.07, 6.45) is 1.10. The molecule has 1 unspecified atom stereocenters. The van der Waals surface area contributed by atoms with Crippen molar-refractivity contribution >= 4 is 15.9 Å². The van der Waals surface area contributed by atoms with Crippen molar-refractivity contribution < 1.29 is 17.9 Å². The summed E-state index contributed by atoms with van der Waals surface area (Å²) in [5, 5.41) is -0.703. The molecule has 0 spiro atoms. The highest BCUT2D eigenvalue weighted by Gasteiger charge is 2.42. The van der Waals surface area contributed by atoms with Gasteiger partial charge in [-0.2, -0.15) is 0 Å². The number of sulfone groups is 1. The molecule has 2 heterocycles. The van der Waals surface area contributed by atoms with E-state index in [2.05, 4.69) is 0 Å². The number of hydrogen-bond donors (Lipinski definition) is 1. The van der Waals surface area contributed by atoms with Crippen molar-refractivity contribution in [3.8, 4) is 0 Å². The van der Waals surface area contributed by atoms with E-state index in [-0.39, 0.29) is 18.4 Å². The van der Waals surface area contributed by atoms with Gasteiger partial charge in [-0.3, -0.25) is 4.90 Å². The molecule has 1 amide bonds. The Labute approximate surface area is 94.6 Å². The maximum atomic E-state index is 11.8. The number of ether oxygens (including phenoxy) is 1. The van der Waals surface area contributed by atoms with E-state index in [1.54, 1.807) is 0 Å². The van der Waals surface area contributed by atoms with Crippen LogP contribution in [0.4, 0.5) is 4.79 Å². The van der Waals surface area contributed by atoms with Crippen LogP contribution >= 0.6 is 0 Å². The highest BCUT2D eigenvalue weighted by Crippen LogP contribution is 2.26. The Hall–Kier alpha value is -0.820.